The van der Waals surface area contributed by atoms with Gasteiger partial charge in [0, 0.05) is 10.0 Å². The number of benzene rings is 2. The Kier molecular flexibility index (Phi) is 3.98. The van der Waals surface area contributed by atoms with Gasteiger partial charge in [0.05, 0.1) is 24.2 Å². The maximum absolute atomic E-state index is 11.2. The second-order valence-corrected chi connectivity index (χ2v) is 6.09. The van der Waals surface area contributed by atoms with Crippen molar-refractivity contribution in [3.05, 3.63) is 64.1 Å². The molecule has 0 radical (unpaired) electrons. The minimum absolute atomic E-state index is 0.191. The lowest BCUT2D eigenvalue weighted by Gasteiger charge is -2.38. The first-order chi connectivity index (χ1) is 10.6. The molecule has 1 aliphatic heterocycles. The summed E-state index contributed by atoms with van der Waals surface area (Å²) < 4.78 is 0.940. The van der Waals surface area contributed by atoms with E-state index in [1.54, 1.807) is 4.90 Å². The van der Waals surface area contributed by atoms with Crippen LogP contribution < -0.4 is 5.11 Å². The number of carbonyl (C=O) groups is 1. The van der Waals surface area contributed by atoms with Crippen LogP contribution in [-0.2, 0) is 4.79 Å². The van der Waals surface area contributed by atoms with E-state index in [4.69, 9.17) is 0 Å². The molecule has 0 saturated carbocycles. The molecule has 112 valence electrons. The molecular formula is C17H14BrN2O2-. The highest BCUT2D eigenvalue weighted by Gasteiger charge is 2.29. The molecule has 0 bridgehead atoms. The van der Waals surface area contributed by atoms with Crippen molar-refractivity contribution in [1.29, 1.82) is 0 Å². The van der Waals surface area contributed by atoms with Crippen molar-refractivity contribution in [2.75, 3.05) is 6.54 Å². The molecule has 0 aliphatic carbocycles. The number of aliphatic imine (C=N–C) groups is 1. The van der Waals surface area contributed by atoms with Gasteiger partial charge in [-0.1, -0.05) is 46.3 Å². The predicted molar refractivity (Wildman–Crippen MR) is 86.9 cm³/mol. The van der Waals surface area contributed by atoms with Gasteiger partial charge < -0.3 is 14.8 Å². The summed E-state index contributed by atoms with van der Waals surface area (Å²) in [5, 5.41) is 11.2. The third-order valence-corrected chi connectivity index (χ3v) is 4.20. The summed E-state index contributed by atoms with van der Waals surface area (Å²) in [4.78, 5) is 17.4. The van der Waals surface area contributed by atoms with Gasteiger partial charge in [0.1, 0.15) is 5.84 Å². The fourth-order valence-electron chi connectivity index (χ4n) is 2.78. The van der Waals surface area contributed by atoms with Gasteiger partial charge in [0.2, 0.25) is 0 Å². The largest absolute Gasteiger partial charge is 0.548 e. The van der Waals surface area contributed by atoms with Crippen LogP contribution in [0.4, 0.5) is 5.69 Å². The van der Waals surface area contributed by atoms with Crippen LogP contribution >= 0.6 is 15.9 Å². The standard InChI is InChI=1S/C17H15BrN2O2/c1-11-19-15-8-7-13(18)9-14(15)17(20(11)10-16(21)22)12-5-3-2-4-6-12/h2-9,17H,10H2,1H3,(H,21,22)/p-1/t17-/m1/s1. The summed E-state index contributed by atoms with van der Waals surface area (Å²) in [7, 11) is 0. The zero-order chi connectivity index (χ0) is 15.7. The Hall–Kier alpha value is -2.14. The molecule has 1 heterocycles. The summed E-state index contributed by atoms with van der Waals surface area (Å²) in [5.41, 5.74) is 2.87. The van der Waals surface area contributed by atoms with E-state index in [9.17, 15) is 9.90 Å². The number of carboxylic acids is 1. The van der Waals surface area contributed by atoms with Crippen molar-refractivity contribution in [1.82, 2.24) is 4.90 Å². The highest BCUT2D eigenvalue weighted by Crippen LogP contribution is 2.40. The van der Waals surface area contributed by atoms with Gasteiger partial charge in [-0.3, -0.25) is 0 Å². The average molecular weight is 358 g/mol. The Morgan fingerprint density at radius 3 is 2.68 bits per heavy atom. The average Bonchev–Trinajstić information content (AvgIpc) is 2.49. The lowest BCUT2D eigenvalue weighted by molar-refractivity contribution is -0.305. The predicted octanol–water partition coefficient (Wildman–Crippen LogP) is 2.65. The Labute approximate surface area is 137 Å². The third-order valence-electron chi connectivity index (χ3n) is 3.71. The van der Waals surface area contributed by atoms with Gasteiger partial charge in [-0.2, -0.15) is 0 Å². The molecule has 1 atom stereocenters. The van der Waals surface area contributed by atoms with Crippen LogP contribution in [0, 0.1) is 0 Å². The van der Waals surface area contributed by atoms with Crippen molar-refractivity contribution in [3.8, 4) is 0 Å². The van der Waals surface area contributed by atoms with Gasteiger partial charge in [-0.15, -0.1) is 0 Å². The fraction of sp³-hybridized carbons (Fsp3) is 0.176. The number of nitrogens with zero attached hydrogens (tertiary/aromatic N) is 2. The number of amidine groups is 1. The van der Waals surface area contributed by atoms with Crippen LogP contribution in [0.1, 0.15) is 24.1 Å². The molecule has 0 spiro atoms. The van der Waals surface area contributed by atoms with Crippen molar-refractivity contribution < 1.29 is 9.90 Å². The molecule has 0 fully saturated rings. The molecule has 0 N–H and O–H groups in total. The molecule has 0 unspecified atom stereocenters. The minimum atomic E-state index is -1.12. The number of rotatable bonds is 3. The van der Waals surface area contributed by atoms with Crippen LogP contribution in [0.25, 0.3) is 0 Å². The quantitative estimate of drug-likeness (QED) is 0.848. The zero-order valence-electron chi connectivity index (χ0n) is 12.0. The van der Waals surface area contributed by atoms with E-state index in [0.717, 1.165) is 21.3 Å². The van der Waals surface area contributed by atoms with Crippen LogP contribution in [0.5, 0.6) is 0 Å². The summed E-state index contributed by atoms with van der Waals surface area (Å²) in [6.07, 6.45) is 0. The van der Waals surface area contributed by atoms with Crippen LogP contribution in [-0.4, -0.2) is 23.2 Å². The Morgan fingerprint density at radius 1 is 1.27 bits per heavy atom. The van der Waals surface area contributed by atoms with Gasteiger partial charge >= 0.3 is 0 Å². The van der Waals surface area contributed by atoms with Crippen molar-refractivity contribution in [2.24, 2.45) is 4.99 Å². The molecule has 2 aromatic rings. The number of hydrogen-bond acceptors (Lipinski definition) is 4. The summed E-state index contributed by atoms with van der Waals surface area (Å²) in [6, 6.07) is 15.5. The summed E-state index contributed by atoms with van der Waals surface area (Å²) in [5.74, 6) is -0.443. The summed E-state index contributed by atoms with van der Waals surface area (Å²) >= 11 is 3.48. The van der Waals surface area contributed by atoms with Crippen molar-refractivity contribution in [3.63, 3.8) is 0 Å². The Bertz CT molecular complexity index is 744. The topological polar surface area (TPSA) is 55.7 Å². The Balaban J connectivity index is 2.17. The van der Waals surface area contributed by atoms with E-state index in [0.29, 0.717) is 5.84 Å². The number of hydrogen-bond donors (Lipinski definition) is 0. The summed E-state index contributed by atoms with van der Waals surface area (Å²) in [6.45, 7) is 1.63. The number of halogens is 1. The maximum Gasteiger partial charge on any atom is 0.103 e. The molecule has 0 aromatic heterocycles. The van der Waals surface area contributed by atoms with Gasteiger partial charge in [0.15, 0.2) is 0 Å². The fourth-order valence-corrected chi connectivity index (χ4v) is 3.16. The molecule has 22 heavy (non-hydrogen) atoms. The number of aliphatic carboxylic acids is 1. The Morgan fingerprint density at radius 2 is 2.00 bits per heavy atom. The number of carbonyl (C=O) groups excluding carboxylic acids is 1. The second-order valence-electron chi connectivity index (χ2n) is 5.18. The molecule has 1 aliphatic rings. The van der Waals surface area contributed by atoms with E-state index >= 15 is 0 Å². The monoisotopic (exact) mass is 357 g/mol. The first-order valence-electron chi connectivity index (χ1n) is 6.92. The molecule has 0 amide bonds. The highest BCUT2D eigenvalue weighted by atomic mass is 79.9. The molecule has 2 aromatic carbocycles. The minimum Gasteiger partial charge on any atom is -0.548 e. The molecule has 3 rings (SSSR count). The highest BCUT2D eigenvalue weighted by molar-refractivity contribution is 9.10. The first-order valence-corrected chi connectivity index (χ1v) is 7.72. The van der Waals surface area contributed by atoms with E-state index in [1.807, 2.05) is 55.5 Å². The van der Waals surface area contributed by atoms with Crippen LogP contribution in [0.2, 0.25) is 0 Å². The SMILES string of the molecule is CC1=Nc2ccc(Br)cc2[C@@H](c2ccccc2)N1CC(=O)[O-]. The smallest absolute Gasteiger partial charge is 0.103 e. The van der Waals surface area contributed by atoms with Crippen LogP contribution in [0.15, 0.2) is 58.0 Å². The third kappa shape index (κ3) is 2.76. The van der Waals surface area contributed by atoms with Gasteiger partial charge in [-0.05, 0) is 30.7 Å². The second kappa shape index (κ2) is 5.93. The molecule has 4 nitrogen and oxygen atoms in total. The molecule has 0 saturated heterocycles. The van der Waals surface area contributed by atoms with E-state index in [1.165, 1.54) is 0 Å². The van der Waals surface area contributed by atoms with Crippen molar-refractivity contribution >= 4 is 33.4 Å². The maximum atomic E-state index is 11.2. The first kappa shape index (κ1) is 14.8. The van der Waals surface area contributed by atoms with E-state index in [-0.39, 0.29) is 12.6 Å². The zero-order valence-corrected chi connectivity index (χ0v) is 13.6. The number of carboxylic acid groups (broad SMARTS) is 1. The number of fused-ring (bicyclic) bond motifs is 1. The molecular weight excluding hydrogens is 344 g/mol. The van der Waals surface area contributed by atoms with Crippen molar-refractivity contribution in [2.45, 2.75) is 13.0 Å². The lowest BCUT2D eigenvalue weighted by Crippen LogP contribution is -2.44. The molecule has 5 heteroatoms. The van der Waals surface area contributed by atoms with E-state index in [2.05, 4.69) is 20.9 Å². The van der Waals surface area contributed by atoms with Gasteiger partial charge in [-0.25, -0.2) is 4.99 Å². The lowest BCUT2D eigenvalue weighted by atomic mass is 9.94. The van der Waals surface area contributed by atoms with Gasteiger partial charge in [0.25, 0.3) is 0 Å². The van der Waals surface area contributed by atoms with Crippen LogP contribution in [0.3, 0.4) is 0 Å². The van der Waals surface area contributed by atoms with E-state index < -0.39 is 5.97 Å². The normalized spacial score (nSPS) is 16.9.